The Balaban J connectivity index is 4.12. The molecule has 0 bridgehead atoms. The maximum absolute atomic E-state index is 10.8. The third-order valence-electron chi connectivity index (χ3n) is 1.29. The summed E-state index contributed by atoms with van der Waals surface area (Å²) >= 11 is 5.33. The van der Waals surface area contributed by atoms with E-state index in [1.165, 1.54) is 0 Å². The fourth-order valence-electron chi connectivity index (χ4n) is 0.739. The van der Waals surface area contributed by atoms with Crippen LogP contribution in [0.5, 0.6) is 0 Å². The summed E-state index contributed by atoms with van der Waals surface area (Å²) in [5, 5.41) is -0.414. The highest BCUT2D eigenvalue weighted by Crippen LogP contribution is 2.05. The van der Waals surface area contributed by atoms with Gasteiger partial charge in [0, 0.05) is 12.6 Å². The normalized spacial score (nSPS) is 9.91. The van der Waals surface area contributed by atoms with E-state index in [0.29, 0.717) is 6.54 Å². The van der Waals surface area contributed by atoms with Crippen LogP contribution in [0.2, 0.25) is 0 Å². The summed E-state index contributed by atoms with van der Waals surface area (Å²) in [7, 11) is 0. The number of hydrogen-bond acceptors (Lipinski definition) is 1. The predicted molar refractivity (Wildman–Crippen MR) is 47.9 cm³/mol. The van der Waals surface area contributed by atoms with Crippen LogP contribution in [0.4, 0.5) is 4.79 Å². The van der Waals surface area contributed by atoms with E-state index in [2.05, 4.69) is 6.58 Å². The summed E-state index contributed by atoms with van der Waals surface area (Å²) in [4.78, 5) is 12.3. The van der Waals surface area contributed by atoms with Crippen LogP contribution in [0.1, 0.15) is 20.8 Å². The van der Waals surface area contributed by atoms with Crippen molar-refractivity contribution in [3.05, 3.63) is 12.2 Å². The predicted octanol–water partition coefficient (Wildman–Crippen LogP) is 2.63. The van der Waals surface area contributed by atoms with Gasteiger partial charge in [0.2, 0.25) is 0 Å². The molecule has 0 atom stereocenters. The summed E-state index contributed by atoms with van der Waals surface area (Å²) in [6.07, 6.45) is 0. The fourth-order valence-corrected chi connectivity index (χ4v) is 0.993. The second-order valence-corrected chi connectivity index (χ2v) is 3.26. The lowest BCUT2D eigenvalue weighted by molar-refractivity contribution is 0.213. The molecule has 2 nitrogen and oxygen atoms in total. The van der Waals surface area contributed by atoms with Crippen LogP contribution in [0.3, 0.4) is 0 Å². The van der Waals surface area contributed by atoms with E-state index in [1.54, 1.807) is 4.90 Å². The number of amides is 1. The highest BCUT2D eigenvalue weighted by molar-refractivity contribution is 6.62. The van der Waals surface area contributed by atoms with Gasteiger partial charge in [0.25, 0.3) is 0 Å². The minimum absolute atomic E-state index is 0.136. The van der Waals surface area contributed by atoms with Crippen LogP contribution in [0, 0.1) is 0 Å². The van der Waals surface area contributed by atoms with Crippen molar-refractivity contribution in [2.75, 3.05) is 6.54 Å². The van der Waals surface area contributed by atoms with Crippen molar-refractivity contribution >= 4 is 17.0 Å². The first-order chi connectivity index (χ1) is 4.95. The first-order valence-corrected chi connectivity index (χ1v) is 3.93. The SMILES string of the molecule is C=C(C)CN(C(=O)Cl)C(C)C. The second-order valence-electron chi connectivity index (χ2n) is 2.93. The minimum atomic E-state index is -0.414. The fraction of sp³-hybridized carbons (Fsp3) is 0.625. The van der Waals surface area contributed by atoms with Gasteiger partial charge in [-0.3, -0.25) is 4.79 Å². The van der Waals surface area contributed by atoms with Gasteiger partial charge < -0.3 is 4.90 Å². The van der Waals surface area contributed by atoms with Crippen molar-refractivity contribution in [1.82, 2.24) is 4.90 Å². The van der Waals surface area contributed by atoms with E-state index < -0.39 is 5.37 Å². The lowest BCUT2D eigenvalue weighted by Crippen LogP contribution is -2.34. The van der Waals surface area contributed by atoms with Crippen LogP contribution in [-0.4, -0.2) is 22.9 Å². The molecule has 0 heterocycles. The van der Waals surface area contributed by atoms with Gasteiger partial charge in [0.15, 0.2) is 0 Å². The number of nitrogens with zero attached hydrogens (tertiary/aromatic N) is 1. The lowest BCUT2D eigenvalue weighted by Gasteiger charge is -2.23. The van der Waals surface area contributed by atoms with Crippen molar-refractivity contribution in [3.63, 3.8) is 0 Å². The summed E-state index contributed by atoms with van der Waals surface area (Å²) in [6.45, 7) is 9.96. The maximum atomic E-state index is 10.8. The molecule has 64 valence electrons. The number of rotatable bonds is 3. The van der Waals surface area contributed by atoms with Gasteiger partial charge in [-0.1, -0.05) is 12.2 Å². The Bertz CT molecular complexity index is 165. The summed E-state index contributed by atoms with van der Waals surface area (Å²) < 4.78 is 0. The van der Waals surface area contributed by atoms with Crippen molar-refractivity contribution in [2.24, 2.45) is 0 Å². The van der Waals surface area contributed by atoms with E-state index >= 15 is 0 Å². The molecule has 0 spiro atoms. The first kappa shape index (κ1) is 10.5. The van der Waals surface area contributed by atoms with Crippen LogP contribution in [-0.2, 0) is 0 Å². The molecule has 1 amide bonds. The summed E-state index contributed by atoms with van der Waals surface area (Å²) in [6, 6.07) is 0.136. The van der Waals surface area contributed by atoms with Crippen LogP contribution >= 0.6 is 11.6 Å². The third-order valence-corrected chi connectivity index (χ3v) is 1.51. The third kappa shape index (κ3) is 4.04. The van der Waals surface area contributed by atoms with Crippen LogP contribution in [0.25, 0.3) is 0 Å². The van der Waals surface area contributed by atoms with Gasteiger partial charge in [0.05, 0.1) is 0 Å². The Hall–Kier alpha value is -0.500. The molecule has 0 saturated carbocycles. The van der Waals surface area contributed by atoms with Gasteiger partial charge in [-0.05, 0) is 32.4 Å². The topological polar surface area (TPSA) is 20.3 Å². The Morgan fingerprint density at radius 2 is 2.09 bits per heavy atom. The average Bonchev–Trinajstić information content (AvgIpc) is 1.81. The molecule has 0 saturated heterocycles. The molecule has 0 aliphatic heterocycles. The summed E-state index contributed by atoms with van der Waals surface area (Å²) in [5.74, 6) is 0. The molecular formula is C8H14ClNO. The molecule has 0 unspecified atom stereocenters. The van der Waals surface area contributed by atoms with E-state index in [0.717, 1.165) is 5.57 Å². The largest absolute Gasteiger partial charge is 0.323 e. The van der Waals surface area contributed by atoms with Gasteiger partial charge >= 0.3 is 5.37 Å². The van der Waals surface area contributed by atoms with E-state index in [-0.39, 0.29) is 6.04 Å². The zero-order valence-corrected chi connectivity index (χ0v) is 7.98. The molecule has 0 rings (SSSR count). The molecule has 0 fully saturated rings. The molecule has 11 heavy (non-hydrogen) atoms. The van der Waals surface area contributed by atoms with Crippen molar-refractivity contribution in [3.8, 4) is 0 Å². The van der Waals surface area contributed by atoms with Crippen molar-refractivity contribution < 1.29 is 4.79 Å². The smallest absolute Gasteiger partial charge is 0.316 e. The monoisotopic (exact) mass is 175 g/mol. The van der Waals surface area contributed by atoms with Crippen molar-refractivity contribution in [2.45, 2.75) is 26.8 Å². The molecular weight excluding hydrogens is 162 g/mol. The quantitative estimate of drug-likeness (QED) is 0.367. The van der Waals surface area contributed by atoms with E-state index in [4.69, 9.17) is 11.6 Å². The van der Waals surface area contributed by atoms with Gasteiger partial charge in [-0.15, -0.1) is 0 Å². The van der Waals surface area contributed by atoms with Crippen molar-refractivity contribution in [1.29, 1.82) is 0 Å². The molecule has 3 heteroatoms. The highest BCUT2D eigenvalue weighted by Gasteiger charge is 2.13. The number of carbonyl (C=O) groups is 1. The standard InChI is InChI=1S/C8H14ClNO/c1-6(2)5-10(7(3)4)8(9)11/h7H,1,5H2,2-4H3. The molecule has 0 aliphatic rings. The molecule has 0 radical (unpaired) electrons. The molecule has 0 aromatic rings. The zero-order valence-electron chi connectivity index (χ0n) is 7.22. The van der Waals surface area contributed by atoms with E-state index in [1.807, 2.05) is 20.8 Å². The second kappa shape index (κ2) is 4.39. The number of halogens is 1. The highest BCUT2D eigenvalue weighted by atomic mass is 35.5. The Morgan fingerprint density at radius 1 is 1.64 bits per heavy atom. The molecule has 0 N–H and O–H groups in total. The molecule has 0 aromatic heterocycles. The number of carbonyl (C=O) groups excluding carboxylic acids is 1. The van der Waals surface area contributed by atoms with Gasteiger partial charge in [-0.25, -0.2) is 0 Å². The zero-order chi connectivity index (χ0) is 9.02. The molecule has 0 aliphatic carbocycles. The van der Waals surface area contributed by atoms with Gasteiger partial charge in [-0.2, -0.15) is 0 Å². The Morgan fingerprint density at radius 3 is 2.18 bits per heavy atom. The molecule has 0 aromatic carbocycles. The van der Waals surface area contributed by atoms with Crippen LogP contribution < -0.4 is 0 Å². The Labute approximate surface area is 72.8 Å². The Kier molecular flexibility index (Phi) is 4.19. The van der Waals surface area contributed by atoms with E-state index in [9.17, 15) is 4.79 Å². The average molecular weight is 176 g/mol. The summed E-state index contributed by atoms with van der Waals surface area (Å²) in [5.41, 5.74) is 0.938. The first-order valence-electron chi connectivity index (χ1n) is 3.55. The van der Waals surface area contributed by atoms with Gasteiger partial charge in [0.1, 0.15) is 0 Å². The lowest BCUT2D eigenvalue weighted by atomic mass is 10.3. The number of hydrogen-bond donors (Lipinski definition) is 0. The maximum Gasteiger partial charge on any atom is 0.316 e. The minimum Gasteiger partial charge on any atom is -0.323 e. The van der Waals surface area contributed by atoms with Crippen LogP contribution in [0.15, 0.2) is 12.2 Å².